The lowest BCUT2D eigenvalue weighted by Gasteiger charge is -1.93. The standard InChI is InChI=1S/C7H9NO2S/c1-4-6(7(9)10-3)11-5(2)8-4/h1-3H3. The normalized spacial score (nSPS) is 9.73. The second-order valence-electron chi connectivity index (χ2n) is 2.14. The SMILES string of the molecule is COC(=O)c1sc(C)nc1C. The molecule has 0 aliphatic heterocycles. The van der Waals surface area contributed by atoms with Gasteiger partial charge in [-0.15, -0.1) is 11.3 Å². The van der Waals surface area contributed by atoms with Crippen molar-refractivity contribution < 1.29 is 9.53 Å². The van der Waals surface area contributed by atoms with Gasteiger partial charge in [0.1, 0.15) is 4.88 Å². The zero-order chi connectivity index (χ0) is 8.43. The minimum atomic E-state index is -0.298. The maximum atomic E-state index is 11.0. The van der Waals surface area contributed by atoms with Crippen molar-refractivity contribution in [3.8, 4) is 0 Å². The molecule has 0 aliphatic rings. The maximum Gasteiger partial charge on any atom is 0.349 e. The highest BCUT2D eigenvalue weighted by atomic mass is 32.1. The summed E-state index contributed by atoms with van der Waals surface area (Å²) in [4.78, 5) is 15.7. The fourth-order valence-electron chi connectivity index (χ4n) is 0.813. The first-order chi connectivity index (χ1) is 5.15. The molecule has 60 valence electrons. The molecule has 0 radical (unpaired) electrons. The number of thiazole rings is 1. The van der Waals surface area contributed by atoms with E-state index in [4.69, 9.17) is 0 Å². The van der Waals surface area contributed by atoms with Crippen LogP contribution in [0.5, 0.6) is 0 Å². The van der Waals surface area contributed by atoms with Crippen molar-refractivity contribution in [3.05, 3.63) is 15.6 Å². The van der Waals surface area contributed by atoms with Gasteiger partial charge in [0.2, 0.25) is 0 Å². The fraction of sp³-hybridized carbons (Fsp3) is 0.429. The lowest BCUT2D eigenvalue weighted by atomic mass is 10.4. The summed E-state index contributed by atoms with van der Waals surface area (Å²) in [6.07, 6.45) is 0. The number of aryl methyl sites for hydroxylation is 2. The molecule has 1 heterocycles. The number of aromatic nitrogens is 1. The molecule has 0 N–H and O–H groups in total. The van der Waals surface area contributed by atoms with Crippen LogP contribution in [0.4, 0.5) is 0 Å². The van der Waals surface area contributed by atoms with Crippen LogP contribution in [0.1, 0.15) is 20.4 Å². The van der Waals surface area contributed by atoms with E-state index in [0.717, 1.165) is 10.7 Å². The summed E-state index contributed by atoms with van der Waals surface area (Å²) in [6.45, 7) is 3.67. The lowest BCUT2D eigenvalue weighted by Crippen LogP contribution is -1.99. The number of hydrogen-bond donors (Lipinski definition) is 0. The molecule has 0 atom stereocenters. The number of carbonyl (C=O) groups is 1. The highest BCUT2D eigenvalue weighted by Gasteiger charge is 2.12. The minimum Gasteiger partial charge on any atom is -0.465 e. The predicted octanol–water partition coefficient (Wildman–Crippen LogP) is 1.55. The average molecular weight is 171 g/mol. The molecule has 0 bridgehead atoms. The second-order valence-corrected chi connectivity index (χ2v) is 3.34. The quantitative estimate of drug-likeness (QED) is 0.602. The first-order valence-electron chi connectivity index (χ1n) is 3.17. The molecule has 1 aromatic heterocycles. The van der Waals surface area contributed by atoms with Gasteiger partial charge in [0.25, 0.3) is 0 Å². The van der Waals surface area contributed by atoms with E-state index in [1.165, 1.54) is 18.4 Å². The van der Waals surface area contributed by atoms with Crippen LogP contribution in [-0.2, 0) is 4.74 Å². The first kappa shape index (κ1) is 8.20. The molecule has 0 fully saturated rings. The minimum absolute atomic E-state index is 0.298. The maximum absolute atomic E-state index is 11.0. The second kappa shape index (κ2) is 3.00. The molecule has 0 unspecified atom stereocenters. The van der Waals surface area contributed by atoms with Crippen molar-refractivity contribution in [2.45, 2.75) is 13.8 Å². The summed E-state index contributed by atoms with van der Waals surface area (Å²) in [5.41, 5.74) is 0.749. The molecule has 0 amide bonds. The molecule has 3 nitrogen and oxygen atoms in total. The molecule has 1 aromatic rings. The molecule has 4 heteroatoms. The van der Waals surface area contributed by atoms with Crippen molar-refractivity contribution in [2.24, 2.45) is 0 Å². The number of hydrogen-bond acceptors (Lipinski definition) is 4. The molecule has 0 aromatic carbocycles. The molecule has 0 saturated heterocycles. The first-order valence-corrected chi connectivity index (χ1v) is 3.99. The van der Waals surface area contributed by atoms with E-state index >= 15 is 0 Å². The van der Waals surface area contributed by atoms with E-state index < -0.39 is 0 Å². The highest BCUT2D eigenvalue weighted by Crippen LogP contribution is 2.17. The smallest absolute Gasteiger partial charge is 0.349 e. The Morgan fingerprint density at radius 3 is 2.55 bits per heavy atom. The number of carbonyl (C=O) groups excluding carboxylic acids is 1. The highest BCUT2D eigenvalue weighted by molar-refractivity contribution is 7.13. The molecule has 0 saturated carbocycles. The van der Waals surface area contributed by atoms with Crippen molar-refractivity contribution in [1.82, 2.24) is 4.98 Å². The van der Waals surface area contributed by atoms with E-state index in [-0.39, 0.29) is 5.97 Å². The van der Waals surface area contributed by atoms with Crippen molar-refractivity contribution in [3.63, 3.8) is 0 Å². The van der Waals surface area contributed by atoms with Gasteiger partial charge in [-0.3, -0.25) is 0 Å². The summed E-state index contributed by atoms with van der Waals surface area (Å²) in [5.74, 6) is -0.298. The Kier molecular flexibility index (Phi) is 2.24. The van der Waals surface area contributed by atoms with Gasteiger partial charge < -0.3 is 4.74 Å². The summed E-state index contributed by atoms with van der Waals surface area (Å²) < 4.78 is 4.56. The average Bonchev–Trinajstić information content (AvgIpc) is 2.28. The van der Waals surface area contributed by atoms with Gasteiger partial charge in [0, 0.05) is 0 Å². The summed E-state index contributed by atoms with van der Waals surface area (Å²) in [5, 5.41) is 0.892. The predicted molar refractivity (Wildman–Crippen MR) is 42.9 cm³/mol. The third kappa shape index (κ3) is 1.57. The van der Waals surface area contributed by atoms with Crippen molar-refractivity contribution >= 4 is 17.3 Å². The van der Waals surface area contributed by atoms with Crippen LogP contribution in [0.15, 0.2) is 0 Å². The van der Waals surface area contributed by atoms with Gasteiger partial charge in [-0.05, 0) is 13.8 Å². The largest absolute Gasteiger partial charge is 0.465 e. The van der Waals surface area contributed by atoms with Crippen molar-refractivity contribution in [2.75, 3.05) is 7.11 Å². The Morgan fingerprint density at radius 2 is 2.18 bits per heavy atom. The number of ether oxygens (including phenoxy) is 1. The van der Waals surface area contributed by atoms with Gasteiger partial charge >= 0.3 is 5.97 Å². The van der Waals surface area contributed by atoms with E-state index in [2.05, 4.69) is 9.72 Å². The number of methoxy groups -OCH3 is 1. The van der Waals surface area contributed by atoms with Crippen LogP contribution >= 0.6 is 11.3 Å². The molecule has 11 heavy (non-hydrogen) atoms. The van der Waals surface area contributed by atoms with Crippen LogP contribution in [-0.4, -0.2) is 18.1 Å². The zero-order valence-corrected chi connectivity index (χ0v) is 7.49. The van der Waals surface area contributed by atoms with E-state index in [0.29, 0.717) is 4.88 Å². The van der Waals surface area contributed by atoms with Crippen LogP contribution in [0.2, 0.25) is 0 Å². The van der Waals surface area contributed by atoms with Gasteiger partial charge in [-0.1, -0.05) is 0 Å². The van der Waals surface area contributed by atoms with Gasteiger partial charge in [-0.2, -0.15) is 0 Å². The summed E-state index contributed by atoms with van der Waals surface area (Å²) in [6, 6.07) is 0. The van der Waals surface area contributed by atoms with Crippen LogP contribution in [0.25, 0.3) is 0 Å². The van der Waals surface area contributed by atoms with E-state index in [9.17, 15) is 4.79 Å². The van der Waals surface area contributed by atoms with Gasteiger partial charge in [0.15, 0.2) is 0 Å². The Morgan fingerprint density at radius 1 is 1.55 bits per heavy atom. The van der Waals surface area contributed by atoms with Crippen molar-refractivity contribution in [1.29, 1.82) is 0 Å². The van der Waals surface area contributed by atoms with E-state index in [1.54, 1.807) is 6.92 Å². The van der Waals surface area contributed by atoms with Gasteiger partial charge in [-0.25, -0.2) is 9.78 Å². The van der Waals surface area contributed by atoms with Gasteiger partial charge in [0.05, 0.1) is 17.8 Å². The Labute approximate surface area is 69.0 Å². The number of rotatable bonds is 1. The summed E-state index contributed by atoms with van der Waals surface area (Å²) >= 11 is 1.36. The summed E-state index contributed by atoms with van der Waals surface area (Å²) in [7, 11) is 1.37. The molecular formula is C7H9NO2S. The Balaban J connectivity index is 3.03. The fourth-order valence-corrected chi connectivity index (χ4v) is 1.65. The molecule has 0 aliphatic carbocycles. The van der Waals surface area contributed by atoms with Crippen LogP contribution in [0.3, 0.4) is 0 Å². The van der Waals surface area contributed by atoms with Crippen LogP contribution in [0, 0.1) is 13.8 Å². The van der Waals surface area contributed by atoms with Crippen LogP contribution < -0.4 is 0 Å². The molecular weight excluding hydrogens is 162 g/mol. The monoisotopic (exact) mass is 171 g/mol. The zero-order valence-electron chi connectivity index (χ0n) is 6.67. The third-order valence-corrected chi connectivity index (χ3v) is 2.33. The number of nitrogens with zero attached hydrogens (tertiary/aromatic N) is 1. The third-order valence-electron chi connectivity index (χ3n) is 1.27. The lowest BCUT2D eigenvalue weighted by molar-refractivity contribution is 0.0605. The van der Waals surface area contributed by atoms with E-state index in [1.807, 2.05) is 6.92 Å². The molecule has 0 spiro atoms. The molecule has 1 rings (SSSR count). The topological polar surface area (TPSA) is 39.2 Å². The Bertz CT molecular complexity index is 280. The Hall–Kier alpha value is -0.900. The number of esters is 1.